The van der Waals surface area contributed by atoms with Gasteiger partial charge in [-0.3, -0.25) is 0 Å². The zero-order valence-corrected chi connectivity index (χ0v) is 11.4. The molecule has 1 heterocycles. The largest absolute Gasteiger partial charge is 0.478 e. The second-order valence-electron chi connectivity index (χ2n) is 4.81. The zero-order valence-electron chi connectivity index (χ0n) is 11.4. The van der Waals surface area contributed by atoms with Crippen molar-refractivity contribution in [3.8, 4) is 0 Å². The van der Waals surface area contributed by atoms with Crippen molar-refractivity contribution in [2.24, 2.45) is 5.16 Å². The number of oxime groups is 1. The van der Waals surface area contributed by atoms with Gasteiger partial charge < -0.3 is 15.3 Å². The molecule has 5 heteroatoms. The van der Waals surface area contributed by atoms with Crippen molar-refractivity contribution in [1.82, 2.24) is 5.32 Å². The van der Waals surface area contributed by atoms with Crippen molar-refractivity contribution >= 4 is 11.8 Å². The molecule has 0 spiro atoms. The van der Waals surface area contributed by atoms with Crippen molar-refractivity contribution in [1.29, 1.82) is 0 Å². The lowest BCUT2D eigenvalue weighted by atomic mass is 10.1. The van der Waals surface area contributed by atoms with Gasteiger partial charge >= 0.3 is 5.97 Å². The van der Waals surface area contributed by atoms with Crippen LogP contribution in [-0.2, 0) is 4.84 Å². The highest BCUT2D eigenvalue weighted by molar-refractivity contribution is 6.00. The fourth-order valence-corrected chi connectivity index (χ4v) is 2.20. The summed E-state index contributed by atoms with van der Waals surface area (Å²) in [7, 11) is 0. The molecule has 0 saturated carbocycles. The van der Waals surface area contributed by atoms with E-state index < -0.39 is 5.97 Å². The highest BCUT2D eigenvalue weighted by Crippen LogP contribution is 2.23. The number of benzene rings is 2. The minimum atomic E-state index is -0.947. The van der Waals surface area contributed by atoms with Crippen LogP contribution in [0.4, 0.5) is 0 Å². The van der Waals surface area contributed by atoms with Gasteiger partial charge in [-0.1, -0.05) is 41.6 Å². The molecule has 0 aromatic heterocycles. The summed E-state index contributed by atoms with van der Waals surface area (Å²) in [5, 5.41) is 16.1. The van der Waals surface area contributed by atoms with E-state index in [1.54, 1.807) is 24.3 Å². The monoisotopic (exact) mass is 282 g/mol. The second kappa shape index (κ2) is 5.28. The van der Waals surface area contributed by atoms with E-state index >= 15 is 0 Å². The SMILES string of the molecule is Cc1ccccc1C1NC(c2ccc(C(=O)O)cc2)=NO1. The summed E-state index contributed by atoms with van der Waals surface area (Å²) in [6.07, 6.45) is -0.319. The third-order valence-electron chi connectivity index (χ3n) is 3.39. The third kappa shape index (κ3) is 2.58. The Hall–Kier alpha value is -2.82. The zero-order chi connectivity index (χ0) is 14.8. The number of carboxylic acids is 1. The standard InChI is InChI=1S/C16H14N2O3/c1-10-4-2-3-5-13(10)15-17-14(18-21-15)11-6-8-12(9-7-11)16(19)20/h2-9,15H,1H3,(H,17,18)(H,19,20). The normalized spacial score (nSPS) is 16.8. The molecule has 5 nitrogen and oxygen atoms in total. The number of aromatic carboxylic acids is 1. The number of carbonyl (C=O) groups is 1. The molecule has 1 aliphatic rings. The lowest BCUT2D eigenvalue weighted by Gasteiger charge is -2.12. The minimum absolute atomic E-state index is 0.244. The first-order valence-corrected chi connectivity index (χ1v) is 6.55. The van der Waals surface area contributed by atoms with Crippen LogP contribution in [0, 0.1) is 6.92 Å². The van der Waals surface area contributed by atoms with Gasteiger partial charge in [0, 0.05) is 11.1 Å². The summed E-state index contributed by atoms with van der Waals surface area (Å²) in [6.45, 7) is 2.01. The van der Waals surface area contributed by atoms with Gasteiger partial charge in [0.25, 0.3) is 0 Å². The van der Waals surface area contributed by atoms with E-state index in [-0.39, 0.29) is 11.8 Å². The Morgan fingerprint density at radius 3 is 2.57 bits per heavy atom. The van der Waals surface area contributed by atoms with Gasteiger partial charge in [0.1, 0.15) is 0 Å². The summed E-state index contributed by atoms with van der Waals surface area (Å²) >= 11 is 0. The number of amidine groups is 1. The van der Waals surface area contributed by atoms with Gasteiger partial charge in [0.15, 0.2) is 5.84 Å². The fourth-order valence-electron chi connectivity index (χ4n) is 2.20. The number of nitrogens with zero attached hydrogens (tertiary/aromatic N) is 1. The highest BCUT2D eigenvalue weighted by atomic mass is 16.7. The van der Waals surface area contributed by atoms with E-state index in [2.05, 4.69) is 10.5 Å². The maximum atomic E-state index is 10.8. The molecule has 2 N–H and O–H groups in total. The summed E-state index contributed by atoms with van der Waals surface area (Å²) in [4.78, 5) is 16.3. The molecule has 1 unspecified atom stereocenters. The van der Waals surface area contributed by atoms with Crippen LogP contribution in [0.5, 0.6) is 0 Å². The molecule has 21 heavy (non-hydrogen) atoms. The van der Waals surface area contributed by atoms with Gasteiger partial charge in [-0.05, 0) is 24.6 Å². The number of aryl methyl sites for hydroxylation is 1. The minimum Gasteiger partial charge on any atom is -0.478 e. The lowest BCUT2D eigenvalue weighted by Crippen LogP contribution is -2.24. The molecule has 1 aliphatic heterocycles. The molecule has 0 bridgehead atoms. The van der Waals surface area contributed by atoms with Gasteiger partial charge in [-0.25, -0.2) is 4.79 Å². The van der Waals surface area contributed by atoms with Crippen LogP contribution in [0.15, 0.2) is 53.7 Å². The Bertz CT molecular complexity index is 708. The molecule has 0 radical (unpaired) electrons. The average Bonchev–Trinajstić information content (AvgIpc) is 2.97. The quantitative estimate of drug-likeness (QED) is 0.908. The molecular formula is C16H14N2O3. The fraction of sp³-hybridized carbons (Fsp3) is 0.125. The van der Waals surface area contributed by atoms with Crippen molar-refractivity contribution in [2.75, 3.05) is 0 Å². The van der Waals surface area contributed by atoms with E-state index in [4.69, 9.17) is 9.94 Å². The first-order valence-electron chi connectivity index (χ1n) is 6.55. The molecule has 2 aromatic carbocycles. The second-order valence-corrected chi connectivity index (χ2v) is 4.81. The number of rotatable bonds is 3. The summed E-state index contributed by atoms with van der Waals surface area (Å²) in [5.74, 6) is -0.350. The maximum absolute atomic E-state index is 10.8. The third-order valence-corrected chi connectivity index (χ3v) is 3.39. The van der Waals surface area contributed by atoms with Crippen molar-refractivity contribution < 1.29 is 14.7 Å². The van der Waals surface area contributed by atoms with E-state index in [1.807, 2.05) is 31.2 Å². The molecule has 0 amide bonds. The van der Waals surface area contributed by atoms with E-state index in [0.717, 1.165) is 16.7 Å². The molecule has 0 fully saturated rings. The summed E-state index contributed by atoms with van der Waals surface area (Å²) in [5.41, 5.74) is 3.18. The Morgan fingerprint density at radius 2 is 1.90 bits per heavy atom. The highest BCUT2D eigenvalue weighted by Gasteiger charge is 2.23. The number of hydrogen-bond acceptors (Lipinski definition) is 4. The van der Waals surface area contributed by atoms with Crippen LogP contribution in [0.1, 0.15) is 33.3 Å². The summed E-state index contributed by atoms with van der Waals surface area (Å²) in [6, 6.07) is 14.4. The molecule has 1 atom stereocenters. The van der Waals surface area contributed by atoms with Gasteiger partial charge in [0.2, 0.25) is 6.23 Å². The van der Waals surface area contributed by atoms with Crippen LogP contribution in [0.3, 0.4) is 0 Å². The van der Waals surface area contributed by atoms with Gasteiger partial charge in [-0.15, -0.1) is 0 Å². The van der Waals surface area contributed by atoms with Crippen LogP contribution in [0.25, 0.3) is 0 Å². The number of nitrogens with one attached hydrogen (secondary N) is 1. The smallest absolute Gasteiger partial charge is 0.335 e. The molecule has 0 aliphatic carbocycles. The van der Waals surface area contributed by atoms with E-state index in [0.29, 0.717) is 5.84 Å². The maximum Gasteiger partial charge on any atom is 0.335 e. The van der Waals surface area contributed by atoms with E-state index in [1.165, 1.54) is 0 Å². The van der Waals surface area contributed by atoms with Crippen LogP contribution in [-0.4, -0.2) is 16.9 Å². The number of hydrogen-bond donors (Lipinski definition) is 2. The first-order chi connectivity index (χ1) is 10.1. The molecule has 3 rings (SSSR count). The van der Waals surface area contributed by atoms with Gasteiger partial charge in [0.05, 0.1) is 5.56 Å². The van der Waals surface area contributed by atoms with Crippen LogP contribution >= 0.6 is 0 Å². The predicted molar refractivity (Wildman–Crippen MR) is 78.1 cm³/mol. The lowest BCUT2D eigenvalue weighted by molar-refractivity contribution is 0.0696. The Morgan fingerprint density at radius 1 is 1.19 bits per heavy atom. The Kier molecular flexibility index (Phi) is 3.31. The molecule has 2 aromatic rings. The first kappa shape index (κ1) is 13.2. The van der Waals surface area contributed by atoms with Crippen LogP contribution < -0.4 is 5.32 Å². The van der Waals surface area contributed by atoms with E-state index in [9.17, 15) is 4.79 Å². The van der Waals surface area contributed by atoms with Crippen molar-refractivity contribution in [2.45, 2.75) is 13.2 Å². The van der Waals surface area contributed by atoms with Crippen molar-refractivity contribution in [3.05, 3.63) is 70.8 Å². The van der Waals surface area contributed by atoms with Crippen LogP contribution in [0.2, 0.25) is 0 Å². The average molecular weight is 282 g/mol. The Balaban J connectivity index is 1.78. The number of carboxylic acid groups (broad SMARTS) is 1. The molecule has 106 valence electrons. The summed E-state index contributed by atoms with van der Waals surface area (Å²) < 4.78 is 0. The molecule has 0 saturated heterocycles. The Labute approximate surface area is 121 Å². The molecular weight excluding hydrogens is 268 g/mol. The predicted octanol–water partition coefficient (Wildman–Crippen LogP) is 2.67. The van der Waals surface area contributed by atoms with Crippen molar-refractivity contribution in [3.63, 3.8) is 0 Å². The van der Waals surface area contributed by atoms with Gasteiger partial charge in [-0.2, -0.15) is 0 Å². The topological polar surface area (TPSA) is 70.9 Å².